The Balaban J connectivity index is 1.65. The van der Waals surface area contributed by atoms with Gasteiger partial charge in [0, 0.05) is 24.8 Å². The molecule has 2 aromatic heterocycles. The quantitative estimate of drug-likeness (QED) is 0.938. The molecule has 1 amide bonds. The van der Waals surface area contributed by atoms with E-state index < -0.39 is 0 Å². The van der Waals surface area contributed by atoms with Crippen LogP contribution in [0, 0.1) is 19.8 Å². The molecular formula is C15H20N4O2. The van der Waals surface area contributed by atoms with Crippen LogP contribution in [0.4, 0.5) is 0 Å². The lowest BCUT2D eigenvalue weighted by Crippen LogP contribution is -2.40. The number of carbonyl (C=O) groups excluding carboxylic acids is 1. The number of carbonyl (C=O) groups is 1. The first kappa shape index (κ1) is 13.9. The summed E-state index contributed by atoms with van der Waals surface area (Å²) in [7, 11) is 0. The number of aromatic amines is 1. The first-order valence-electron chi connectivity index (χ1n) is 7.35. The van der Waals surface area contributed by atoms with Gasteiger partial charge in [-0.05, 0) is 44.6 Å². The van der Waals surface area contributed by atoms with Gasteiger partial charge < -0.3 is 9.42 Å². The molecule has 1 aliphatic heterocycles. The topological polar surface area (TPSA) is 75.0 Å². The smallest absolute Gasteiger partial charge is 0.276 e. The van der Waals surface area contributed by atoms with E-state index in [4.69, 9.17) is 4.52 Å². The van der Waals surface area contributed by atoms with Gasteiger partial charge in [-0.25, -0.2) is 0 Å². The summed E-state index contributed by atoms with van der Waals surface area (Å²) < 4.78 is 4.99. The first-order chi connectivity index (χ1) is 10.1. The molecule has 0 radical (unpaired) electrons. The van der Waals surface area contributed by atoms with E-state index >= 15 is 0 Å². The Labute approximate surface area is 123 Å². The Bertz CT molecular complexity index is 631. The van der Waals surface area contributed by atoms with Crippen LogP contribution in [0.5, 0.6) is 0 Å². The normalized spacial score (nSPS) is 19.0. The fourth-order valence-electron chi connectivity index (χ4n) is 2.91. The monoisotopic (exact) mass is 288 g/mol. The van der Waals surface area contributed by atoms with Gasteiger partial charge in [-0.1, -0.05) is 5.16 Å². The van der Waals surface area contributed by atoms with Crippen LogP contribution < -0.4 is 0 Å². The number of rotatable bonds is 3. The van der Waals surface area contributed by atoms with Crippen LogP contribution in [-0.2, 0) is 6.42 Å². The molecule has 0 spiro atoms. The molecule has 0 saturated carbocycles. The first-order valence-corrected chi connectivity index (χ1v) is 7.35. The summed E-state index contributed by atoms with van der Waals surface area (Å²) in [5, 5.41) is 10.9. The highest BCUT2D eigenvalue weighted by atomic mass is 16.5. The van der Waals surface area contributed by atoms with Gasteiger partial charge in [0.1, 0.15) is 5.76 Å². The molecule has 21 heavy (non-hydrogen) atoms. The van der Waals surface area contributed by atoms with Crippen molar-refractivity contribution in [3.05, 3.63) is 35.0 Å². The molecule has 1 saturated heterocycles. The predicted molar refractivity (Wildman–Crippen MR) is 76.9 cm³/mol. The molecule has 1 atom stereocenters. The summed E-state index contributed by atoms with van der Waals surface area (Å²) in [6, 6.07) is 1.70. The van der Waals surface area contributed by atoms with Gasteiger partial charge in [-0.2, -0.15) is 5.10 Å². The van der Waals surface area contributed by atoms with Gasteiger partial charge in [-0.3, -0.25) is 9.89 Å². The minimum Gasteiger partial charge on any atom is -0.361 e. The van der Waals surface area contributed by atoms with E-state index in [0.29, 0.717) is 17.4 Å². The van der Waals surface area contributed by atoms with E-state index in [1.165, 1.54) is 11.3 Å². The molecule has 1 N–H and O–H groups in total. The molecule has 112 valence electrons. The number of likely N-dealkylation sites (tertiary alicyclic amines) is 1. The molecule has 6 heteroatoms. The van der Waals surface area contributed by atoms with Crippen molar-refractivity contribution in [1.29, 1.82) is 0 Å². The second-order valence-corrected chi connectivity index (χ2v) is 5.82. The second-order valence-electron chi connectivity index (χ2n) is 5.82. The predicted octanol–water partition coefficient (Wildman–Crippen LogP) is 2.11. The molecule has 1 aliphatic rings. The number of aryl methyl sites for hydroxylation is 2. The summed E-state index contributed by atoms with van der Waals surface area (Å²) in [6.07, 6.45) is 4.95. The summed E-state index contributed by atoms with van der Waals surface area (Å²) in [5.41, 5.74) is 2.77. The minimum absolute atomic E-state index is 0.0297. The van der Waals surface area contributed by atoms with Crippen LogP contribution in [0.3, 0.4) is 0 Å². The molecule has 0 bridgehead atoms. The lowest BCUT2D eigenvalue weighted by Gasteiger charge is -2.32. The van der Waals surface area contributed by atoms with Crippen molar-refractivity contribution in [3.63, 3.8) is 0 Å². The molecule has 0 aliphatic carbocycles. The van der Waals surface area contributed by atoms with Gasteiger partial charge >= 0.3 is 0 Å². The Kier molecular flexibility index (Phi) is 3.77. The van der Waals surface area contributed by atoms with Crippen molar-refractivity contribution < 1.29 is 9.32 Å². The minimum atomic E-state index is -0.0297. The number of hydrogen-bond acceptors (Lipinski definition) is 4. The number of piperidine rings is 1. The SMILES string of the molecule is Cc1cc(C(=O)N2CCC[C@@H](Cc3[nH]ncc3C)C2)no1. The summed E-state index contributed by atoms with van der Waals surface area (Å²) in [5.74, 6) is 1.10. The van der Waals surface area contributed by atoms with E-state index in [2.05, 4.69) is 22.3 Å². The fraction of sp³-hybridized carbons (Fsp3) is 0.533. The van der Waals surface area contributed by atoms with E-state index in [9.17, 15) is 4.79 Å². The zero-order valence-electron chi connectivity index (χ0n) is 12.4. The number of nitrogens with zero attached hydrogens (tertiary/aromatic N) is 3. The van der Waals surface area contributed by atoms with Crippen molar-refractivity contribution in [2.45, 2.75) is 33.1 Å². The number of nitrogens with one attached hydrogen (secondary N) is 1. The fourth-order valence-corrected chi connectivity index (χ4v) is 2.91. The average molecular weight is 288 g/mol. The summed E-state index contributed by atoms with van der Waals surface area (Å²) >= 11 is 0. The highest BCUT2D eigenvalue weighted by molar-refractivity contribution is 5.92. The third-order valence-electron chi connectivity index (χ3n) is 4.08. The lowest BCUT2D eigenvalue weighted by molar-refractivity contribution is 0.0662. The van der Waals surface area contributed by atoms with Crippen molar-refractivity contribution in [1.82, 2.24) is 20.3 Å². The number of hydrogen-bond donors (Lipinski definition) is 1. The summed E-state index contributed by atoms with van der Waals surface area (Å²) in [6.45, 7) is 5.42. The average Bonchev–Trinajstić information content (AvgIpc) is 3.08. The van der Waals surface area contributed by atoms with Crippen LogP contribution in [0.15, 0.2) is 16.8 Å². The highest BCUT2D eigenvalue weighted by Crippen LogP contribution is 2.22. The van der Waals surface area contributed by atoms with Crippen molar-refractivity contribution in [2.24, 2.45) is 5.92 Å². The van der Waals surface area contributed by atoms with Crippen LogP contribution >= 0.6 is 0 Å². The molecule has 0 unspecified atom stereocenters. The van der Waals surface area contributed by atoms with Crippen LogP contribution in [0.1, 0.15) is 40.3 Å². The Morgan fingerprint density at radius 1 is 1.52 bits per heavy atom. The molecule has 3 heterocycles. The molecule has 1 fully saturated rings. The maximum atomic E-state index is 12.4. The molecule has 6 nitrogen and oxygen atoms in total. The van der Waals surface area contributed by atoms with E-state index in [1.807, 2.05) is 11.1 Å². The Morgan fingerprint density at radius 3 is 3.05 bits per heavy atom. The van der Waals surface area contributed by atoms with Gasteiger partial charge in [-0.15, -0.1) is 0 Å². The number of aromatic nitrogens is 3. The highest BCUT2D eigenvalue weighted by Gasteiger charge is 2.26. The van der Waals surface area contributed by atoms with E-state index in [1.54, 1.807) is 13.0 Å². The lowest BCUT2D eigenvalue weighted by atomic mass is 9.92. The van der Waals surface area contributed by atoms with Crippen LogP contribution in [0.2, 0.25) is 0 Å². The zero-order chi connectivity index (χ0) is 14.8. The molecule has 2 aromatic rings. The van der Waals surface area contributed by atoms with Crippen LogP contribution in [0.25, 0.3) is 0 Å². The largest absolute Gasteiger partial charge is 0.361 e. The van der Waals surface area contributed by atoms with Gasteiger partial charge in [0.2, 0.25) is 0 Å². The molecular weight excluding hydrogens is 268 g/mol. The standard InChI is InChI=1S/C15H20N4O2/c1-10-8-16-17-13(10)7-12-4-3-5-19(9-12)15(20)14-6-11(2)21-18-14/h6,8,12H,3-5,7,9H2,1-2H3,(H,16,17)/t12-/m0/s1. The summed E-state index contributed by atoms with van der Waals surface area (Å²) in [4.78, 5) is 14.3. The van der Waals surface area contributed by atoms with Crippen molar-refractivity contribution in [2.75, 3.05) is 13.1 Å². The second kappa shape index (κ2) is 5.71. The molecule has 0 aromatic carbocycles. The van der Waals surface area contributed by atoms with Crippen LogP contribution in [-0.4, -0.2) is 39.3 Å². The zero-order valence-corrected chi connectivity index (χ0v) is 12.4. The van der Waals surface area contributed by atoms with E-state index in [-0.39, 0.29) is 5.91 Å². The molecule has 3 rings (SSSR count). The Morgan fingerprint density at radius 2 is 2.38 bits per heavy atom. The third-order valence-corrected chi connectivity index (χ3v) is 4.08. The van der Waals surface area contributed by atoms with E-state index in [0.717, 1.165) is 32.4 Å². The van der Waals surface area contributed by atoms with Crippen molar-refractivity contribution in [3.8, 4) is 0 Å². The van der Waals surface area contributed by atoms with Gasteiger partial charge in [0.25, 0.3) is 5.91 Å². The number of amides is 1. The van der Waals surface area contributed by atoms with Crippen molar-refractivity contribution >= 4 is 5.91 Å². The maximum Gasteiger partial charge on any atom is 0.276 e. The third kappa shape index (κ3) is 2.99. The van der Waals surface area contributed by atoms with Gasteiger partial charge in [0.05, 0.1) is 6.20 Å². The van der Waals surface area contributed by atoms with Gasteiger partial charge in [0.15, 0.2) is 5.69 Å². The number of H-pyrrole nitrogens is 1. The Hall–Kier alpha value is -2.11. The maximum absolute atomic E-state index is 12.4.